The van der Waals surface area contributed by atoms with E-state index >= 15 is 0 Å². The van der Waals surface area contributed by atoms with E-state index in [9.17, 15) is 10.2 Å². The molecule has 0 saturated heterocycles. The second kappa shape index (κ2) is 5.13. The van der Waals surface area contributed by atoms with Crippen LogP contribution in [-0.4, -0.2) is 59.2 Å². The SMILES string of the molecule is ON[C@H]1C[C@@H](n2cnc3c(NC4CC4)ncnc32)[C@H](O)[C@@H]1O. The summed E-state index contributed by atoms with van der Waals surface area (Å²) in [7, 11) is 0. The van der Waals surface area contributed by atoms with Gasteiger partial charge in [0.1, 0.15) is 17.9 Å². The number of hydrogen-bond acceptors (Lipinski definition) is 8. The minimum Gasteiger partial charge on any atom is -0.389 e. The molecule has 22 heavy (non-hydrogen) atoms. The van der Waals surface area contributed by atoms with Gasteiger partial charge < -0.3 is 25.3 Å². The fourth-order valence-electron chi connectivity index (χ4n) is 3.03. The highest BCUT2D eigenvalue weighted by atomic mass is 16.5. The highest BCUT2D eigenvalue weighted by Gasteiger charge is 2.43. The largest absolute Gasteiger partial charge is 0.389 e. The number of aliphatic hydroxyl groups is 2. The van der Waals surface area contributed by atoms with Crippen LogP contribution in [0, 0.1) is 0 Å². The van der Waals surface area contributed by atoms with Gasteiger partial charge >= 0.3 is 0 Å². The van der Waals surface area contributed by atoms with Gasteiger partial charge in [-0.25, -0.2) is 15.0 Å². The molecule has 2 aliphatic carbocycles. The number of nitrogens with zero attached hydrogens (tertiary/aromatic N) is 4. The number of aliphatic hydroxyl groups excluding tert-OH is 2. The summed E-state index contributed by atoms with van der Waals surface area (Å²) < 4.78 is 1.74. The predicted octanol–water partition coefficient (Wildman–Crippen LogP) is -0.585. The van der Waals surface area contributed by atoms with Crippen molar-refractivity contribution in [3.63, 3.8) is 0 Å². The third-order valence-corrected chi connectivity index (χ3v) is 4.45. The summed E-state index contributed by atoms with van der Waals surface area (Å²) >= 11 is 0. The van der Waals surface area contributed by atoms with Gasteiger partial charge in [0.15, 0.2) is 11.5 Å². The van der Waals surface area contributed by atoms with E-state index in [-0.39, 0.29) is 0 Å². The van der Waals surface area contributed by atoms with Crippen molar-refractivity contribution in [2.75, 3.05) is 5.32 Å². The monoisotopic (exact) mass is 306 g/mol. The van der Waals surface area contributed by atoms with Gasteiger partial charge in [0, 0.05) is 6.04 Å². The maximum atomic E-state index is 10.2. The van der Waals surface area contributed by atoms with Crippen molar-refractivity contribution in [2.45, 2.75) is 49.6 Å². The van der Waals surface area contributed by atoms with Crippen LogP contribution in [0.4, 0.5) is 5.82 Å². The molecule has 0 spiro atoms. The zero-order chi connectivity index (χ0) is 15.3. The Labute approximate surface area is 126 Å². The van der Waals surface area contributed by atoms with Gasteiger partial charge in [-0.3, -0.25) is 0 Å². The Morgan fingerprint density at radius 1 is 1.14 bits per heavy atom. The highest BCUT2D eigenvalue weighted by molar-refractivity contribution is 5.83. The van der Waals surface area contributed by atoms with Crippen LogP contribution < -0.4 is 10.8 Å². The van der Waals surface area contributed by atoms with Crippen molar-refractivity contribution < 1.29 is 15.4 Å². The van der Waals surface area contributed by atoms with Crippen LogP contribution in [0.2, 0.25) is 0 Å². The van der Waals surface area contributed by atoms with E-state index in [1.54, 1.807) is 10.9 Å². The average molecular weight is 306 g/mol. The first-order chi connectivity index (χ1) is 10.7. The van der Waals surface area contributed by atoms with Crippen LogP contribution in [0.15, 0.2) is 12.7 Å². The van der Waals surface area contributed by atoms with Crippen molar-refractivity contribution in [2.24, 2.45) is 0 Å². The zero-order valence-electron chi connectivity index (χ0n) is 11.8. The number of rotatable bonds is 4. The first-order valence-electron chi connectivity index (χ1n) is 7.39. The summed E-state index contributed by atoms with van der Waals surface area (Å²) in [5.41, 5.74) is 3.30. The second-order valence-corrected chi connectivity index (χ2v) is 5.98. The molecule has 2 aliphatic rings. The summed E-state index contributed by atoms with van der Waals surface area (Å²) in [5, 5.41) is 32.5. The van der Waals surface area contributed by atoms with E-state index in [4.69, 9.17) is 5.21 Å². The Hall–Kier alpha value is -1.81. The molecule has 2 saturated carbocycles. The summed E-state index contributed by atoms with van der Waals surface area (Å²) in [6, 6.07) is -0.540. The molecule has 2 fully saturated rings. The Balaban J connectivity index is 1.70. The zero-order valence-corrected chi connectivity index (χ0v) is 11.8. The molecule has 2 heterocycles. The van der Waals surface area contributed by atoms with Gasteiger partial charge in [0.2, 0.25) is 0 Å². The number of fused-ring (bicyclic) bond motifs is 1. The Kier molecular flexibility index (Phi) is 3.22. The number of aromatic nitrogens is 4. The normalized spacial score (nSPS) is 31.8. The van der Waals surface area contributed by atoms with E-state index in [2.05, 4.69) is 20.3 Å². The summed E-state index contributed by atoms with van der Waals surface area (Å²) in [6.45, 7) is 0. The van der Waals surface area contributed by atoms with Gasteiger partial charge in [-0.2, -0.15) is 5.48 Å². The maximum Gasteiger partial charge on any atom is 0.165 e. The molecular weight excluding hydrogens is 288 g/mol. The topological polar surface area (TPSA) is 128 Å². The molecule has 0 amide bonds. The molecule has 2 aromatic heterocycles. The molecule has 0 aromatic carbocycles. The maximum absolute atomic E-state index is 10.2. The lowest BCUT2D eigenvalue weighted by Gasteiger charge is -2.18. The third kappa shape index (κ3) is 2.13. The molecule has 9 heteroatoms. The number of hydrogen-bond donors (Lipinski definition) is 5. The predicted molar refractivity (Wildman–Crippen MR) is 76.3 cm³/mol. The average Bonchev–Trinajstić information content (AvgIpc) is 3.16. The fraction of sp³-hybridized carbons (Fsp3) is 0.615. The van der Waals surface area contributed by atoms with Crippen LogP contribution in [0.1, 0.15) is 25.3 Å². The first kappa shape index (κ1) is 13.8. The number of hydroxylamine groups is 1. The molecule has 4 atom stereocenters. The summed E-state index contributed by atoms with van der Waals surface area (Å²) in [5.74, 6) is 0.691. The quantitative estimate of drug-likeness (QED) is 0.474. The lowest BCUT2D eigenvalue weighted by atomic mass is 10.2. The van der Waals surface area contributed by atoms with Crippen LogP contribution in [-0.2, 0) is 0 Å². The molecular formula is C13H18N6O3. The van der Waals surface area contributed by atoms with Crippen molar-refractivity contribution in [3.8, 4) is 0 Å². The van der Waals surface area contributed by atoms with Crippen LogP contribution in [0.25, 0.3) is 11.2 Å². The van der Waals surface area contributed by atoms with Crippen molar-refractivity contribution in [1.29, 1.82) is 0 Å². The molecule has 9 nitrogen and oxygen atoms in total. The highest BCUT2D eigenvalue weighted by Crippen LogP contribution is 2.34. The summed E-state index contributed by atoms with van der Waals surface area (Å²) in [4.78, 5) is 12.8. The molecule has 0 radical (unpaired) electrons. The summed E-state index contributed by atoms with van der Waals surface area (Å²) in [6.07, 6.45) is 3.64. The first-order valence-corrected chi connectivity index (χ1v) is 7.39. The smallest absolute Gasteiger partial charge is 0.165 e. The molecule has 2 aromatic rings. The Morgan fingerprint density at radius 2 is 1.95 bits per heavy atom. The minimum atomic E-state index is -1.04. The van der Waals surface area contributed by atoms with Crippen LogP contribution in [0.5, 0.6) is 0 Å². The number of imidazole rings is 1. The molecule has 4 rings (SSSR count). The van der Waals surface area contributed by atoms with Crippen LogP contribution >= 0.6 is 0 Å². The van der Waals surface area contributed by atoms with E-state index in [0.717, 1.165) is 12.8 Å². The van der Waals surface area contributed by atoms with E-state index in [1.165, 1.54) is 6.33 Å². The number of anilines is 1. The standard InChI is InChI=1S/C13H18N6O3/c20-10-7(18-22)3-8(11(10)21)19-5-16-9-12(17-6-1-2-6)14-4-15-13(9)19/h4-8,10-11,18,20-22H,1-3H2,(H,14,15,17)/t7-,8+,10+,11-/m0/s1. The van der Waals surface area contributed by atoms with E-state index in [0.29, 0.717) is 29.4 Å². The van der Waals surface area contributed by atoms with E-state index < -0.39 is 24.3 Å². The molecule has 5 N–H and O–H groups in total. The van der Waals surface area contributed by atoms with Gasteiger partial charge in [-0.15, -0.1) is 0 Å². The Morgan fingerprint density at radius 3 is 2.64 bits per heavy atom. The van der Waals surface area contributed by atoms with Gasteiger partial charge in [-0.05, 0) is 19.3 Å². The molecule has 118 valence electrons. The molecule has 0 bridgehead atoms. The number of nitrogens with one attached hydrogen (secondary N) is 2. The Bertz CT molecular complexity index is 687. The van der Waals surface area contributed by atoms with Gasteiger partial charge in [0.05, 0.1) is 24.5 Å². The van der Waals surface area contributed by atoms with Crippen LogP contribution in [0.3, 0.4) is 0 Å². The lowest BCUT2D eigenvalue weighted by Crippen LogP contribution is -2.38. The van der Waals surface area contributed by atoms with Gasteiger partial charge in [-0.1, -0.05) is 0 Å². The van der Waals surface area contributed by atoms with Crippen molar-refractivity contribution >= 4 is 17.0 Å². The molecule has 0 unspecified atom stereocenters. The van der Waals surface area contributed by atoms with Gasteiger partial charge in [0.25, 0.3) is 0 Å². The van der Waals surface area contributed by atoms with Crippen molar-refractivity contribution in [3.05, 3.63) is 12.7 Å². The lowest BCUT2D eigenvalue weighted by molar-refractivity contribution is -0.00916. The third-order valence-electron chi connectivity index (χ3n) is 4.45. The minimum absolute atomic E-state index is 0.375. The second-order valence-electron chi connectivity index (χ2n) is 5.98. The van der Waals surface area contributed by atoms with Crippen molar-refractivity contribution in [1.82, 2.24) is 25.0 Å². The molecule has 0 aliphatic heterocycles. The fourth-order valence-corrected chi connectivity index (χ4v) is 3.03. The van der Waals surface area contributed by atoms with E-state index in [1.807, 2.05) is 5.48 Å².